The predicted molar refractivity (Wildman–Crippen MR) is 138 cm³/mol. The first kappa shape index (κ1) is 25.3. The summed E-state index contributed by atoms with van der Waals surface area (Å²) in [6.07, 6.45) is 0. The van der Waals surface area contributed by atoms with E-state index in [1.807, 2.05) is 11.0 Å². The highest BCUT2D eigenvalue weighted by molar-refractivity contribution is 6.32. The van der Waals surface area contributed by atoms with Crippen LogP contribution in [0.4, 0.5) is 11.4 Å². The molecule has 9 heteroatoms. The first-order chi connectivity index (χ1) is 17.4. The van der Waals surface area contributed by atoms with Gasteiger partial charge in [-0.3, -0.25) is 4.79 Å². The highest BCUT2D eigenvalue weighted by atomic mass is 35.5. The zero-order valence-corrected chi connectivity index (χ0v) is 20.8. The Morgan fingerprint density at radius 2 is 1.75 bits per heavy atom. The van der Waals surface area contributed by atoms with E-state index < -0.39 is 5.97 Å². The van der Waals surface area contributed by atoms with Crippen LogP contribution in [0.1, 0.15) is 26.3 Å². The number of aromatic carboxylic acids is 1. The molecule has 1 fully saturated rings. The van der Waals surface area contributed by atoms with Crippen molar-refractivity contribution in [1.82, 2.24) is 0 Å². The summed E-state index contributed by atoms with van der Waals surface area (Å²) < 4.78 is 16.1. The van der Waals surface area contributed by atoms with Gasteiger partial charge in [0.05, 0.1) is 50.3 Å². The molecule has 0 aliphatic carbocycles. The minimum absolute atomic E-state index is 0.116. The van der Waals surface area contributed by atoms with Crippen LogP contribution in [0, 0.1) is 0 Å². The fourth-order valence-corrected chi connectivity index (χ4v) is 4.52. The molecule has 1 N–H and O–H groups in total. The molecule has 0 spiro atoms. The summed E-state index contributed by atoms with van der Waals surface area (Å²) in [6.45, 7) is 2.37. The van der Waals surface area contributed by atoms with Crippen molar-refractivity contribution in [3.8, 4) is 11.5 Å². The van der Waals surface area contributed by atoms with E-state index in [-0.39, 0.29) is 18.0 Å². The molecule has 0 saturated carbocycles. The van der Waals surface area contributed by atoms with Gasteiger partial charge in [-0.1, -0.05) is 29.8 Å². The number of anilines is 2. The number of benzene rings is 3. The number of rotatable bonds is 8. The Balaban J connectivity index is 1.78. The maximum absolute atomic E-state index is 13.6. The SMILES string of the molecule is COc1cc(CN(C(=O)c2ccccc2)c2ccc(N3CCOCC3)c(C(=O)O)c2)cc(Cl)c1OC. The maximum atomic E-state index is 13.6. The summed E-state index contributed by atoms with van der Waals surface area (Å²) in [7, 11) is 3.01. The van der Waals surface area contributed by atoms with E-state index in [2.05, 4.69) is 0 Å². The molecular formula is C27H27ClN2O6. The zero-order valence-electron chi connectivity index (χ0n) is 20.1. The Morgan fingerprint density at radius 1 is 1.03 bits per heavy atom. The molecule has 1 aliphatic rings. The number of carbonyl (C=O) groups excluding carboxylic acids is 1. The second-order valence-corrected chi connectivity index (χ2v) is 8.58. The van der Waals surface area contributed by atoms with Gasteiger partial charge in [0.2, 0.25) is 0 Å². The van der Waals surface area contributed by atoms with Gasteiger partial charge in [-0.25, -0.2) is 4.79 Å². The largest absolute Gasteiger partial charge is 0.493 e. The third-order valence-electron chi connectivity index (χ3n) is 5.97. The van der Waals surface area contributed by atoms with Crippen LogP contribution in [0.5, 0.6) is 11.5 Å². The molecule has 0 bridgehead atoms. The number of nitrogens with zero attached hydrogens (tertiary/aromatic N) is 2. The number of carboxylic acids is 1. The van der Waals surface area contributed by atoms with Crippen molar-refractivity contribution in [2.24, 2.45) is 0 Å². The van der Waals surface area contributed by atoms with Crippen molar-refractivity contribution >= 4 is 34.9 Å². The van der Waals surface area contributed by atoms with Crippen molar-refractivity contribution in [2.75, 3.05) is 50.3 Å². The molecule has 3 aromatic carbocycles. The number of ether oxygens (including phenoxy) is 3. The van der Waals surface area contributed by atoms with Gasteiger partial charge in [0.1, 0.15) is 0 Å². The summed E-state index contributed by atoms with van der Waals surface area (Å²) >= 11 is 6.41. The molecular weight excluding hydrogens is 484 g/mol. The normalized spacial score (nSPS) is 13.2. The Morgan fingerprint density at radius 3 is 2.39 bits per heavy atom. The van der Waals surface area contributed by atoms with E-state index in [9.17, 15) is 14.7 Å². The summed E-state index contributed by atoms with van der Waals surface area (Å²) in [6, 6.07) is 17.3. The van der Waals surface area contributed by atoms with Gasteiger partial charge in [-0.15, -0.1) is 0 Å². The van der Waals surface area contributed by atoms with Crippen molar-refractivity contribution in [2.45, 2.75) is 6.54 Å². The third-order valence-corrected chi connectivity index (χ3v) is 6.25. The fourth-order valence-electron chi connectivity index (χ4n) is 4.21. The van der Waals surface area contributed by atoms with Gasteiger partial charge in [-0.05, 0) is 48.0 Å². The number of hydrogen-bond donors (Lipinski definition) is 1. The lowest BCUT2D eigenvalue weighted by atomic mass is 10.1. The molecule has 3 aromatic rings. The molecule has 4 rings (SSSR count). The van der Waals surface area contributed by atoms with Crippen LogP contribution >= 0.6 is 11.6 Å². The number of halogens is 1. The number of carboxylic acid groups (broad SMARTS) is 1. The molecule has 188 valence electrons. The predicted octanol–water partition coefficient (Wildman–Crippen LogP) is 4.74. The average Bonchev–Trinajstić information content (AvgIpc) is 2.91. The van der Waals surface area contributed by atoms with Crippen molar-refractivity contribution < 1.29 is 28.9 Å². The molecule has 1 heterocycles. The van der Waals surface area contributed by atoms with Crippen molar-refractivity contribution in [1.29, 1.82) is 0 Å². The molecule has 1 saturated heterocycles. The van der Waals surface area contributed by atoms with E-state index in [0.29, 0.717) is 65.3 Å². The number of amides is 1. The Kier molecular flexibility index (Phi) is 7.97. The van der Waals surface area contributed by atoms with Gasteiger partial charge in [0.25, 0.3) is 5.91 Å². The van der Waals surface area contributed by atoms with Crippen LogP contribution in [0.15, 0.2) is 60.7 Å². The fraction of sp³-hybridized carbons (Fsp3) is 0.259. The summed E-state index contributed by atoms with van der Waals surface area (Å²) in [5.74, 6) is -0.524. The second-order valence-electron chi connectivity index (χ2n) is 8.18. The smallest absolute Gasteiger partial charge is 0.337 e. The van der Waals surface area contributed by atoms with Gasteiger partial charge in [-0.2, -0.15) is 0 Å². The zero-order chi connectivity index (χ0) is 25.7. The average molecular weight is 511 g/mol. The Bertz CT molecular complexity index is 1240. The minimum Gasteiger partial charge on any atom is -0.493 e. The van der Waals surface area contributed by atoms with E-state index in [0.717, 1.165) is 0 Å². The lowest BCUT2D eigenvalue weighted by Crippen LogP contribution is -2.37. The molecule has 0 atom stereocenters. The summed E-state index contributed by atoms with van der Waals surface area (Å²) in [5.41, 5.74) is 2.32. The van der Waals surface area contributed by atoms with Crippen molar-refractivity contribution in [3.63, 3.8) is 0 Å². The van der Waals surface area contributed by atoms with Crippen molar-refractivity contribution in [3.05, 3.63) is 82.4 Å². The molecule has 0 unspecified atom stereocenters. The Labute approximate surface area is 214 Å². The number of carbonyl (C=O) groups is 2. The molecule has 8 nitrogen and oxygen atoms in total. The van der Waals surface area contributed by atoms with Crippen LogP contribution in [-0.4, -0.2) is 57.5 Å². The van der Waals surface area contributed by atoms with Crippen LogP contribution in [0.3, 0.4) is 0 Å². The molecule has 1 aliphatic heterocycles. The van der Waals surface area contributed by atoms with E-state index in [1.54, 1.807) is 48.5 Å². The third kappa shape index (κ3) is 5.40. The molecule has 0 aromatic heterocycles. The van der Waals surface area contributed by atoms with Gasteiger partial charge < -0.3 is 29.1 Å². The van der Waals surface area contributed by atoms with E-state index in [1.165, 1.54) is 25.2 Å². The molecule has 0 radical (unpaired) electrons. The number of morpholine rings is 1. The maximum Gasteiger partial charge on any atom is 0.337 e. The first-order valence-corrected chi connectivity index (χ1v) is 11.8. The minimum atomic E-state index is -1.07. The first-order valence-electron chi connectivity index (χ1n) is 11.4. The van der Waals surface area contributed by atoms with Gasteiger partial charge in [0.15, 0.2) is 11.5 Å². The topological polar surface area (TPSA) is 88.5 Å². The molecule has 36 heavy (non-hydrogen) atoms. The van der Waals surface area contributed by atoms with Gasteiger partial charge >= 0.3 is 5.97 Å². The van der Waals surface area contributed by atoms with Crippen LogP contribution in [0.25, 0.3) is 0 Å². The lowest BCUT2D eigenvalue weighted by Gasteiger charge is -2.31. The standard InChI is InChI=1S/C27H27ClN2O6/c1-34-24-15-18(14-22(28)25(24)35-2)17-30(26(31)19-6-4-3-5-7-19)20-8-9-23(21(16-20)27(32)33)29-10-12-36-13-11-29/h3-9,14-16H,10-13,17H2,1-2H3,(H,32,33). The van der Waals surface area contributed by atoms with Crippen LogP contribution < -0.4 is 19.3 Å². The Hall–Kier alpha value is -3.75. The van der Waals surface area contributed by atoms with E-state index >= 15 is 0 Å². The number of hydrogen-bond acceptors (Lipinski definition) is 6. The quantitative estimate of drug-likeness (QED) is 0.468. The second kappa shape index (κ2) is 11.3. The van der Waals surface area contributed by atoms with Gasteiger partial charge in [0, 0.05) is 24.3 Å². The van der Waals surface area contributed by atoms with Crippen LogP contribution in [0.2, 0.25) is 5.02 Å². The highest BCUT2D eigenvalue weighted by Gasteiger charge is 2.24. The van der Waals surface area contributed by atoms with Crippen LogP contribution in [-0.2, 0) is 11.3 Å². The summed E-state index contributed by atoms with van der Waals surface area (Å²) in [5, 5.41) is 10.3. The number of methoxy groups -OCH3 is 2. The van der Waals surface area contributed by atoms with E-state index in [4.69, 9.17) is 25.8 Å². The summed E-state index contributed by atoms with van der Waals surface area (Å²) in [4.78, 5) is 29.4. The monoisotopic (exact) mass is 510 g/mol. The molecule has 1 amide bonds. The lowest BCUT2D eigenvalue weighted by molar-refractivity contribution is 0.0696. The highest BCUT2D eigenvalue weighted by Crippen LogP contribution is 2.37.